The molecule has 4 N–H and O–H groups in total. The molecule has 226 valence electrons. The average Bonchev–Trinajstić information content (AvgIpc) is 3.24. The molecule has 0 spiro atoms. The lowest BCUT2D eigenvalue weighted by atomic mass is 9.76. The van der Waals surface area contributed by atoms with E-state index in [2.05, 4.69) is 30.1 Å². The lowest BCUT2D eigenvalue weighted by Gasteiger charge is -2.29. The second kappa shape index (κ2) is 15.3. The van der Waals surface area contributed by atoms with E-state index < -0.39 is 35.5 Å². The summed E-state index contributed by atoms with van der Waals surface area (Å²) in [6.45, 7) is 8.98. The van der Waals surface area contributed by atoms with Gasteiger partial charge in [0.1, 0.15) is 23.7 Å². The highest BCUT2D eigenvalue weighted by atomic mass is 16.6. The Morgan fingerprint density at radius 1 is 1.17 bits per heavy atom. The third-order valence-corrected chi connectivity index (χ3v) is 7.19. The van der Waals surface area contributed by atoms with Crippen molar-refractivity contribution >= 4 is 17.5 Å². The van der Waals surface area contributed by atoms with Gasteiger partial charge in [-0.2, -0.15) is 0 Å². The van der Waals surface area contributed by atoms with Crippen molar-refractivity contribution in [2.75, 3.05) is 46.0 Å². The Kier molecular flexibility index (Phi) is 11.8. The summed E-state index contributed by atoms with van der Waals surface area (Å²) in [6.07, 6.45) is 16.3. The molecule has 0 amide bonds. The summed E-state index contributed by atoms with van der Waals surface area (Å²) in [6, 6.07) is 0. The number of esters is 1. The van der Waals surface area contributed by atoms with Crippen molar-refractivity contribution in [1.29, 1.82) is 0 Å². The van der Waals surface area contributed by atoms with Crippen LogP contribution in [0.1, 0.15) is 27.2 Å². The van der Waals surface area contributed by atoms with Crippen molar-refractivity contribution in [1.82, 2.24) is 10.2 Å². The number of carbonyl (C=O) groups excluding carboxylic acids is 3. The molecule has 0 aromatic heterocycles. The predicted molar refractivity (Wildman–Crippen MR) is 158 cm³/mol. The smallest absolute Gasteiger partial charge is 0.343 e. The van der Waals surface area contributed by atoms with Crippen LogP contribution in [0.5, 0.6) is 0 Å². The number of ether oxygens (including phenoxy) is 2. The van der Waals surface area contributed by atoms with Gasteiger partial charge >= 0.3 is 5.97 Å². The largest absolute Gasteiger partial charge is 0.508 e. The van der Waals surface area contributed by atoms with Crippen LogP contribution in [-0.4, -0.2) is 89.4 Å². The Balaban J connectivity index is 1.88. The van der Waals surface area contributed by atoms with Crippen LogP contribution in [0, 0.1) is 5.92 Å². The Labute approximate surface area is 246 Å². The third-order valence-electron chi connectivity index (χ3n) is 7.19. The first-order valence-corrected chi connectivity index (χ1v) is 14.1. The lowest BCUT2D eigenvalue weighted by Crippen LogP contribution is -2.42. The van der Waals surface area contributed by atoms with Crippen molar-refractivity contribution in [3.63, 3.8) is 0 Å². The minimum absolute atomic E-state index is 0.0422. The Hall–Kier alpha value is -3.99. The zero-order valence-electron chi connectivity index (χ0n) is 24.3. The number of ketones is 2. The molecule has 10 nitrogen and oxygen atoms in total. The van der Waals surface area contributed by atoms with Crippen molar-refractivity contribution in [3.8, 4) is 0 Å². The van der Waals surface area contributed by atoms with Gasteiger partial charge in [0, 0.05) is 49.6 Å². The number of carbonyl (C=O) groups is 3. The van der Waals surface area contributed by atoms with Crippen molar-refractivity contribution in [2.24, 2.45) is 5.92 Å². The van der Waals surface area contributed by atoms with Crippen LogP contribution in [0.3, 0.4) is 0 Å². The highest BCUT2D eigenvalue weighted by Crippen LogP contribution is 2.45. The maximum Gasteiger partial charge on any atom is 0.343 e. The molecule has 42 heavy (non-hydrogen) atoms. The van der Waals surface area contributed by atoms with Crippen LogP contribution in [0.15, 0.2) is 94.7 Å². The molecule has 10 heteroatoms. The molecular formula is C32H40N2O8. The number of aliphatic hydroxyl groups excluding tert-OH is 3. The summed E-state index contributed by atoms with van der Waals surface area (Å²) in [4.78, 5) is 40.9. The number of nitrogens with one attached hydrogen (secondary N) is 1. The van der Waals surface area contributed by atoms with Crippen LogP contribution in [0.4, 0.5) is 0 Å². The van der Waals surface area contributed by atoms with Gasteiger partial charge in [-0.05, 0) is 36.6 Å². The number of fused-ring (bicyclic) bond motifs is 1. The van der Waals surface area contributed by atoms with Crippen molar-refractivity contribution in [3.05, 3.63) is 94.7 Å². The number of Topliss-reactive ketones (excluding diaryl/α,β-unsaturated/α-hetero) is 1. The van der Waals surface area contributed by atoms with Crippen LogP contribution < -0.4 is 5.32 Å². The van der Waals surface area contributed by atoms with Gasteiger partial charge in [0.2, 0.25) is 5.78 Å². The number of aliphatic hydroxyl groups is 3. The quantitative estimate of drug-likeness (QED) is 0.0893. The molecule has 3 aliphatic rings. The van der Waals surface area contributed by atoms with Crippen LogP contribution in [-0.2, 0) is 23.9 Å². The molecule has 2 fully saturated rings. The third kappa shape index (κ3) is 8.28. The topological polar surface area (TPSA) is 146 Å². The van der Waals surface area contributed by atoms with Gasteiger partial charge < -0.3 is 30.1 Å². The molecule has 0 saturated carbocycles. The first-order chi connectivity index (χ1) is 20.1. The van der Waals surface area contributed by atoms with Gasteiger partial charge in [-0.15, -0.1) is 0 Å². The zero-order valence-corrected chi connectivity index (χ0v) is 24.3. The fraction of sp³-hybridized carbons (Fsp3) is 0.406. The molecule has 1 aliphatic carbocycles. The van der Waals surface area contributed by atoms with E-state index >= 15 is 0 Å². The van der Waals surface area contributed by atoms with E-state index in [9.17, 15) is 29.7 Å². The van der Waals surface area contributed by atoms with Gasteiger partial charge in [0.25, 0.3) is 0 Å². The highest BCUT2D eigenvalue weighted by Gasteiger charge is 2.54. The molecule has 2 aliphatic heterocycles. The maximum atomic E-state index is 13.7. The van der Waals surface area contributed by atoms with Gasteiger partial charge in [0.05, 0.1) is 13.2 Å². The Bertz CT molecular complexity index is 1290. The van der Waals surface area contributed by atoms with Crippen LogP contribution in [0.2, 0.25) is 0 Å². The van der Waals surface area contributed by atoms with Gasteiger partial charge in [-0.25, -0.2) is 4.79 Å². The van der Waals surface area contributed by atoms with Crippen LogP contribution in [0.25, 0.3) is 0 Å². The number of hydrogen-bond acceptors (Lipinski definition) is 10. The summed E-state index contributed by atoms with van der Waals surface area (Å²) >= 11 is 0. The summed E-state index contributed by atoms with van der Waals surface area (Å²) in [5.41, 5.74) is -1.78. The van der Waals surface area contributed by atoms with Gasteiger partial charge in [-0.1, -0.05) is 50.6 Å². The predicted octanol–water partition coefficient (Wildman–Crippen LogP) is 3.07. The standard InChI is InChI=1S/C32H40N2O8/c1-4-22(2)9-7-5-6-8-10-24(36)19-28(38)29-27-18-23(17-25(37)21-35)26(30(39)32(27,3)42-31(29)40)20-33-11-12-34-13-15-41-16-14-34/h5-10,17-20,22,33,35-36,38H,4,11-16,21H2,1-3H3. The SMILES string of the molecule is CCC(C)C=CC=CC=CC(O)=CC(O)=C1C(=O)OC2(C)C(=O)C(=CNCCN3CCOCC3)C(=CC(=O)CO)C=C12. The number of hydrogen-bond donors (Lipinski definition) is 4. The minimum Gasteiger partial charge on any atom is -0.508 e. The number of allylic oxidation sites excluding steroid dienone is 9. The highest BCUT2D eigenvalue weighted by molar-refractivity contribution is 6.17. The van der Waals surface area contributed by atoms with E-state index in [1.54, 1.807) is 18.2 Å². The molecule has 2 saturated heterocycles. The summed E-state index contributed by atoms with van der Waals surface area (Å²) in [5.74, 6) is -2.69. The summed E-state index contributed by atoms with van der Waals surface area (Å²) < 4.78 is 10.8. The molecule has 0 bridgehead atoms. The number of rotatable bonds is 12. The fourth-order valence-electron chi connectivity index (χ4n) is 4.52. The molecule has 2 heterocycles. The van der Waals surface area contributed by atoms with E-state index in [0.29, 0.717) is 32.2 Å². The number of morpholine rings is 1. The first-order valence-electron chi connectivity index (χ1n) is 14.1. The van der Waals surface area contributed by atoms with E-state index in [1.165, 1.54) is 25.3 Å². The minimum atomic E-state index is -1.76. The molecular weight excluding hydrogens is 540 g/mol. The Morgan fingerprint density at radius 3 is 2.57 bits per heavy atom. The normalized spacial score (nSPS) is 25.9. The summed E-state index contributed by atoms with van der Waals surface area (Å²) in [7, 11) is 0. The molecule has 2 unspecified atom stereocenters. The molecule has 0 radical (unpaired) electrons. The average molecular weight is 581 g/mol. The fourth-order valence-corrected chi connectivity index (χ4v) is 4.52. The van der Waals surface area contributed by atoms with Crippen molar-refractivity contribution < 1.29 is 39.2 Å². The number of nitrogens with zero attached hydrogens (tertiary/aromatic N) is 1. The van der Waals surface area contributed by atoms with E-state index in [1.807, 2.05) is 6.08 Å². The monoisotopic (exact) mass is 580 g/mol. The Morgan fingerprint density at radius 2 is 1.88 bits per heavy atom. The van der Waals surface area contributed by atoms with E-state index in [4.69, 9.17) is 9.47 Å². The van der Waals surface area contributed by atoms with Crippen LogP contribution >= 0.6 is 0 Å². The van der Waals surface area contributed by atoms with E-state index in [-0.39, 0.29) is 28.1 Å². The van der Waals surface area contributed by atoms with Crippen molar-refractivity contribution in [2.45, 2.75) is 32.8 Å². The maximum absolute atomic E-state index is 13.7. The lowest BCUT2D eigenvalue weighted by molar-refractivity contribution is -0.151. The van der Waals surface area contributed by atoms with E-state index in [0.717, 1.165) is 31.7 Å². The molecule has 0 aromatic carbocycles. The second-order valence-electron chi connectivity index (χ2n) is 10.3. The first kappa shape index (κ1) is 32.5. The van der Waals surface area contributed by atoms with Gasteiger partial charge in [0.15, 0.2) is 11.4 Å². The summed E-state index contributed by atoms with van der Waals surface area (Å²) in [5, 5.41) is 33.5. The zero-order chi connectivity index (χ0) is 30.7. The molecule has 2 atom stereocenters. The second-order valence-corrected chi connectivity index (χ2v) is 10.3. The van der Waals surface area contributed by atoms with Gasteiger partial charge in [-0.3, -0.25) is 14.5 Å². The molecule has 3 rings (SSSR count). The molecule has 0 aromatic rings.